The lowest BCUT2D eigenvalue weighted by Gasteiger charge is -2.11. The summed E-state index contributed by atoms with van der Waals surface area (Å²) in [5.74, 6) is -0.674. The third-order valence-corrected chi connectivity index (χ3v) is 3.61. The second-order valence-corrected chi connectivity index (χ2v) is 5.59. The summed E-state index contributed by atoms with van der Waals surface area (Å²) < 4.78 is 0. The quantitative estimate of drug-likeness (QED) is 0.687. The lowest BCUT2D eigenvalue weighted by Crippen LogP contribution is -2.37. The summed E-state index contributed by atoms with van der Waals surface area (Å²) >= 11 is 11.7. The van der Waals surface area contributed by atoms with Gasteiger partial charge in [0, 0.05) is 29.3 Å². The van der Waals surface area contributed by atoms with Crippen LogP contribution in [-0.4, -0.2) is 16.8 Å². The first kappa shape index (κ1) is 17.8. The standard InChI is InChI=1S/C16H14Cl2N4O2/c1-10(21-22-16(24)11-4-6-19-7-5-11)8-15(23)20-12-2-3-13(17)14(18)9-12/h2-7,9,21H,1,8H2,(H,20,23)(H,22,24). The van der Waals surface area contributed by atoms with E-state index in [1.54, 1.807) is 30.3 Å². The van der Waals surface area contributed by atoms with Gasteiger partial charge in [0.2, 0.25) is 5.91 Å². The number of nitrogens with zero attached hydrogens (tertiary/aromatic N) is 1. The van der Waals surface area contributed by atoms with Crippen LogP contribution >= 0.6 is 23.2 Å². The van der Waals surface area contributed by atoms with E-state index in [4.69, 9.17) is 23.2 Å². The second kappa shape index (κ2) is 8.33. The van der Waals surface area contributed by atoms with Gasteiger partial charge >= 0.3 is 0 Å². The molecule has 1 aromatic carbocycles. The molecule has 1 aromatic heterocycles. The number of aromatic nitrogens is 1. The zero-order chi connectivity index (χ0) is 17.5. The fourth-order valence-electron chi connectivity index (χ4n) is 1.74. The molecule has 2 amide bonds. The number of hydrogen-bond donors (Lipinski definition) is 3. The Bertz CT molecular complexity index is 766. The van der Waals surface area contributed by atoms with E-state index in [0.29, 0.717) is 27.0 Å². The Kier molecular flexibility index (Phi) is 6.17. The van der Waals surface area contributed by atoms with Crippen molar-refractivity contribution in [2.45, 2.75) is 6.42 Å². The van der Waals surface area contributed by atoms with Crippen molar-refractivity contribution in [2.24, 2.45) is 0 Å². The molecule has 0 spiro atoms. The van der Waals surface area contributed by atoms with Crippen molar-refractivity contribution in [1.29, 1.82) is 0 Å². The highest BCUT2D eigenvalue weighted by atomic mass is 35.5. The summed E-state index contributed by atoms with van der Waals surface area (Å²) in [6.45, 7) is 3.69. The molecule has 124 valence electrons. The Balaban J connectivity index is 1.80. The molecular formula is C16H14Cl2N4O2. The molecule has 2 aromatic rings. The van der Waals surface area contributed by atoms with Crippen LogP contribution in [0.5, 0.6) is 0 Å². The van der Waals surface area contributed by atoms with E-state index in [1.165, 1.54) is 12.4 Å². The predicted molar refractivity (Wildman–Crippen MR) is 93.7 cm³/mol. The molecule has 6 nitrogen and oxygen atoms in total. The van der Waals surface area contributed by atoms with Crippen LogP contribution in [-0.2, 0) is 4.79 Å². The summed E-state index contributed by atoms with van der Waals surface area (Å²) in [7, 11) is 0. The Morgan fingerprint density at radius 1 is 1.04 bits per heavy atom. The first-order chi connectivity index (χ1) is 11.5. The largest absolute Gasteiger partial charge is 0.326 e. The summed E-state index contributed by atoms with van der Waals surface area (Å²) in [5, 5.41) is 3.40. The van der Waals surface area contributed by atoms with E-state index in [0.717, 1.165) is 0 Å². The van der Waals surface area contributed by atoms with E-state index >= 15 is 0 Å². The zero-order valence-corrected chi connectivity index (χ0v) is 14.0. The van der Waals surface area contributed by atoms with Crippen molar-refractivity contribution in [2.75, 3.05) is 5.32 Å². The lowest BCUT2D eigenvalue weighted by molar-refractivity contribution is -0.115. The molecule has 0 unspecified atom stereocenters. The van der Waals surface area contributed by atoms with Gasteiger partial charge in [-0.05, 0) is 30.3 Å². The van der Waals surface area contributed by atoms with Crippen LogP contribution in [0.1, 0.15) is 16.8 Å². The molecule has 3 N–H and O–H groups in total. The third-order valence-electron chi connectivity index (χ3n) is 2.87. The fourth-order valence-corrected chi connectivity index (χ4v) is 2.04. The van der Waals surface area contributed by atoms with Gasteiger partial charge in [-0.3, -0.25) is 20.0 Å². The minimum atomic E-state index is -0.358. The number of rotatable bonds is 6. The maximum Gasteiger partial charge on any atom is 0.269 e. The first-order valence-electron chi connectivity index (χ1n) is 6.85. The summed E-state index contributed by atoms with van der Waals surface area (Å²) in [5.41, 5.74) is 6.33. The van der Waals surface area contributed by atoms with Crippen LogP contribution in [0.2, 0.25) is 10.0 Å². The molecular weight excluding hydrogens is 351 g/mol. The molecule has 2 rings (SSSR count). The highest BCUT2D eigenvalue weighted by Gasteiger charge is 2.08. The maximum atomic E-state index is 11.9. The molecule has 0 fully saturated rings. The van der Waals surface area contributed by atoms with Crippen molar-refractivity contribution in [1.82, 2.24) is 15.8 Å². The number of anilines is 1. The predicted octanol–water partition coefficient (Wildman–Crippen LogP) is 3.17. The molecule has 0 bridgehead atoms. The molecule has 0 aliphatic heterocycles. The van der Waals surface area contributed by atoms with E-state index in [-0.39, 0.29) is 18.2 Å². The molecule has 0 saturated carbocycles. The van der Waals surface area contributed by atoms with Crippen LogP contribution in [0.15, 0.2) is 55.0 Å². The van der Waals surface area contributed by atoms with Crippen molar-refractivity contribution in [3.63, 3.8) is 0 Å². The van der Waals surface area contributed by atoms with Gasteiger partial charge in [-0.25, -0.2) is 0 Å². The highest BCUT2D eigenvalue weighted by Crippen LogP contribution is 2.25. The molecule has 0 aliphatic rings. The van der Waals surface area contributed by atoms with Crippen molar-refractivity contribution < 1.29 is 9.59 Å². The van der Waals surface area contributed by atoms with Crippen molar-refractivity contribution in [3.8, 4) is 0 Å². The fraction of sp³-hybridized carbons (Fsp3) is 0.0625. The Morgan fingerprint density at radius 3 is 2.42 bits per heavy atom. The summed E-state index contributed by atoms with van der Waals surface area (Å²) in [6.07, 6.45) is 2.99. The highest BCUT2D eigenvalue weighted by molar-refractivity contribution is 6.42. The van der Waals surface area contributed by atoms with Gasteiger partial charge in [-0.1, -0.05) is 29.8 Å². The van der Waals surface area contributed by atoms with Gasteiger partial charge in [0.15, 0.2) is 0 Å². The first-order valence-corrected chi connectivity index (χ1v) is 7.60. The van der Waals surface area contributed by atoms with E-state index in [1.807, 2.05) is 0 Å². The average molecular weight is 365 g/mol. The number of amides is 2. The number of pyridine rings is 1. The van der Waals surface area contributed by atoms with Crippen molar-refractivity contribution >= 4 is 40.7 Å². The van der Waals surface area contributed by atoms with Gasteiger partial charge in [0.05, 0.1) is 16.5 Å². The molecule has 8 heteroatoms. The minimum absolute atomic E-state index is 0.0309. The number of hydrazine groups is 1. The molecule has 24 heavy (non-hydrogen) atoms. The topological polar surface area (TPSA) is 83.1 Å². The third kappa shape index (κ3) is 5.26. The van der Waals surface area contributed by atoms with Crippen LogP contribution < -0.4 is 16.2 Å². The van der Waals surface area contributed by atoms with Crippen LogP contribution in [0, 0.1) is 0 Å². The minimum Gasteiger partial charge on any atom is -0.326 e. The van der Waals surface area contributed by atoms with Crippen LogP contribution in [0.25, 0.3) is 0 Å². The van der Waals surface area contributed by atoms with Crippen molar-refractivity contribution in [3.05, 3.63) is 70.6 Å². The summed E-state index contributed by atoms with van der Waals surface area (Å²) in [6, 6.07) is 7.89. The average Bonchev–Trinajstić information content (AvgIpc) is 2.56. The second-order valence-electron chi connectivity index (χ2n) is 4.77. The number of carbonyl (C=O) groups excluding carboxylic acids is 2. The molecule has 0 atom stereocenters. The van der Waals surface area contributed by atoms with Gasteiger partial charge in [0.1, 0.15) is 0 Å². The van der Waals surface area contributed by atoms with Crippen LogP contribution in [0.4, 0.5) is 5.69 Å². The number of hydrogen-bond acceptors (Lipinski definition) is 4. The van der Waals surface area contributed by atoms with Gasteiger partial charge in [-0.2, -0.15) is 0 Å². The molecule has 0 aliphatic carbocycles. The van der Waals surface area contributed by atoms with Crippen LogP contribution in [0.3, 0.4) is 0 Å². The number of nitrogens with one attached hydrogen (secondary N) is 3. The Hall–Kier alpha value is -2.57. The Labute approximate surface area is 148 Å². The van der Waals surface area contributed by atoms with Gasteiger partial charge in [-0.15, -0.1) is 0 Å². The normalized spacial score (nSPS) is 9.92. The monoisotopic (exact) mass is 364 g/mol. The zero-order valence-electron chi connectivity index (χ0n) is 12.5. The number of benzene rings is 1. The molecule has 0 saturated heterocycles. The number of carbonyl (C=O) groups is 2. The number of halogens is 2. The van der Waals surface area contributed by atoms with Gasteiger partial charge in [0.25, 0.3) is 5.91 Å². The SMILES string of the molecule is C=C(CC(=O)Nc1ccc(Cl)c(Cl)c1)NNC(=O)c1ccncc1. The van der Waals surface area contributed by atoms with Gasteiger partial charge < -0.3 is 10.7 Å². The Morgan fingerprint density at radius 2 is 1.75 bits per heavy atom. The van der Waals surface area contributed by atoms with E-state index < -0.39 is 0 Å². The maximum absolute atomic E-state index is 11.9. The smallest absolute Gasteiger partial charge is 0.269 e. The molecule has 0 radical (unpaired) electrons. The summed E-state index contributed by atoms with van der Waals surface area (Å²) in [4.78, 5) is 27.6. The molecule has 1 heterocycles. The van der Waals surface area contributed by atoms with E-state index in [2.05, 4.69) is 27.7 Å². The lowest BCUT2D eigenvalue weighted by atomic mass is 10.2. The van der Waals surface area contributed by atoms with E-state index in [9.17, 15) is 9.59 Å².